The van der Waals surface area contributed by atoms with Gasteiger partial charge in [-0.05, 0) is 42.5 Å². The summed E-state index contributed by atoms with van der Waals surface area (Å²) in [5.41, 5.74) is 8.18. The highest BCUT2D eigenvalue weighted by molar-refractivity contribution is 5.74. The van der Waals surface area contributed by atoms with Crippen LogP contribution in [0, 0.1) is 5.92 Å². The SMILES string of the molecule is COc1cc2c(cc1OCC(O)C(N)C(C)C)CCN(C(C)=O)C2C. The fraction of sp³-hybridized carbons (Fsp3) is 0.632. The van der Waals surface area contributed by atoms with Crippen LogP contribution in [0.15, 0.2) is 12.1 Å². The third-order valence-electron chi connectivity index (χ3n) is 4.99. The molecule has 6 nitrogen and oxygen atoms in total. The first kappa shape index (κ1) is 19.5. The predicted molar refractivity (Wildman–Crippen MR) is 96.8 cm³/mol. The van der Waals surface area contributed by atoms with Gasteiger partial charge in [-0.25, -0.2) is 0 Å². The Morgan fingerprint density at radius 1 is 1.40 bits per heavy atom. The lowest BCUT2D eigenvalue weighted by Gasteiger charge is -2.35. The van der Waals surface area contributed by atoms with Gasteiger partial charge in [0, 0.05) is 19.5 Å². The Morgan fingerprint density at radius 2 is 2.08 bits per heavy atom. The zero-order chi connectivity index (χ0) is 18.7. The van der Waals surface area contributed by atoms with Gasteiger partial charge in [0.25, 0.3) is 0 Å². The van der Waals surface area contributed by atoms with Crippen LogP contribution in [-0.2, 0) is 11.2 Å². The Hall–Kier alpha value is -1.79. The number of ether oxygens (including phenoxy) is 2. The summed E-state index contributed by atoms with van der Waals surface area (Å²) in [5.74, 6) is 1.44. The third-order valence-corrected chi connectivity index (χ3v) is 4.99. The summed E-state index contributed by atoms with van der Waals surface area (Å²) in [6.45, 7) is 8.35. The second-order valence-corrected chi connectivity index (χ2v) is 7.04. The first-order valence-corrected chi connectivity index (χ1v) is 8.80. The van der Waals surface area contributed by atoms with Crippen molar-refractivity contribution in [3.05, 3.63) is 23.3 Å². The van der Waals surface area contributed by atoms with Crippen LogP contribution < -0.4 is 15.2 Å². The minimum Gasteiger partial charge on any atom is -0.493 e. The van der Waals surface area contributed by atoms with Crippen molar-refractivity contribution in [3.8, 4) is 11.5 Å². The topological polar surface area (TPSA) is 85.0 Å². The summed E-state index contributed by atoms with van der Waals surface area (Å²) in [7, 11) is 1.58. The van der Waals surface area contributed by atoms with Crippen molar-refractivity contribution in [3.63, 3.8) is 0 Å². The van der Waals surface area contributed by atoms with E-state index in [1.165, 1.54) is 0 Å². The maximum absolute atomic E-state index is 11.8. The van der Waals surface area contributed by atoms with Crippen molar-refractivity contribution in [2.75, 3.05) is 20.3 Å². The van der Waals surface area contributed by atoms with Gasteiger partial charge in [0.2, 0.25) is 5.91 Å². The second kappa shape index (κ2) is 8.06. The molecule has 0 saturated heterocycles. The van der Waals surface area contributed by atoms with E-state index < -0.39 is 6.10 Å². The molecule has 2 rings (SSSR count). The number of hydrogen-bond acceptors (Lipinski definition) is 5. The van der Waals surface area contributed by atoms with E-state index in [1.54, 1.807) is 14.0 Å². The number of hydrogen-bond donors (Lipinski definition) is 2. The maximum atomic E-state index is 11.8. The fourth-order valence-electron chi connectivity index (χ4n) is 3.26. The molecule has 0 radical (unpaired) electrons. The molecule has 3 N–H and O–H groups in total. The number of amides is 1. The molecule has 6 heteroatoms. The van der Waals surface area contributed by atoms with E-state index >= 15 is 0 Å². The van der Waals surface area contributed by atoms with Crippen LogP contribution in [-0.4, -0.2) is 48.3 Å². The van der Waals surface area contributed by atoms with Gasteiger partial charge in [0.15, 0.2) is 11.5 Å². The molecule has 0 bridgehead atoms. The minimum atomic E-state index is -0.743. The number of benzene rings is 1. The van der Waals surface area contributed by atoms with Crippen LogP contribution >= 0.6 is 0 Å². The van der Waals surface area contributed by atoms with E-state index in [0.29, 0.717) is 18.0 Å². The highest BCUT2D eigenvalue weighted by Gasteiger charge is 2.28. The van der Waals surface area contributed by atoms with Crippen LogP contribution in [0.4, 0.5) is 0 Å². The van der Waals surface area contributed by atoms with Gasteiger partial charge >= 0.3 is 0 Å². The molecular weight excluding hydrogens is 320 g/mol. The normalized spacial score (nSPS) is 19.4. The third kappa shape index (κ3) is 4.25. The van der Waals surface area contributed by atoms with Crippen molar-refractivity contribution in [1.82, 2.24) is 4.90 Å². The molecule has 3 unspecified atom stereocenters. The molecule has 0 spiro atoms. The minimum absolute atomic E-state index is 0.00385. The number of nitrogens with two attached hydrogens (primary N) is 1. The lowest BCUT2D eigenvalue weighted by molar-refractivity contribution is -0.131. The Labute approximate surface area is 149 Å². The number of aliphatic hydroxyl groups excluding tert-OH is 1. The number of carbonyl (C=O) groups is 1. The van der Waals surface area contributed by atoms with Crippen LogP contribution in [0.3, 0.4) is 0 Å². The van der Waals surface area contributed by atoms with Crippen LogP contribution in [0.1, 0.15) is 44.9 Å². The Kier molecular flexibility index (Phi) is 6.30. The zero-order valence-electron chi connectivity index (χ0n) is 15.8. The van der Waals surface area contributed by atoms with Crippen molar-refractivity contribution >= 4 is 5.91 Å². The van der Waals surface area contributed by atoms with E-state index in [-0.39, 0.29) is 30.5 Å². The average Bonchev–Trinajstić information content (AvgIpc) is 2.58. The van der Waals surface area contributed by atoms with Gasteiger partial charge in [-0.3, -0.25) is 4.79 Å². The van der Waals surface area contributed by atoms with Crippen molar-refractivity contribution in [2.45, 2.75) is 52.3 Å². The molecule has 1 aromatic carbocycles. The number of rotatable bonds is 6. The van der Waals surface area contributed by atoms with Crippen LogP contribution in [0.25, 0.3) is 0 Å². The molecule has 0 fully saturated rings. The van der Waals surface area contributed by atoms with Gasteiger partial charge in [0.05, 0.1) is 13.2 Å². The Bertz CT molecular complexity index is 618. The predicted octanol–water partition coefficient (Wildman–Crippen LogP) is 1.88. The van der Waals surface area contributed by atoms with E-state index in [4.69, 9.17) is 15.2 Å². The van der Waals surface area contributed by atoms with E-state index in [2.05, 4.69) is 0 Å². The highest BCUT2D eigenvalue weighted by Crippen LogP contribution is 2.38. The Morgan fingerprint density at radius 3 is 2.64 bits per heavy atom. The molecule has 1 aliphatic rings. The molecule has 1 aliphatic heterocycles. The Balaban J connectivity index is 2.20. The second-order valence-electron chi connectivity index (χ2n) is 7.04. The van der Waals surface area contributed by atoms with Gasteiger partial charge in [0.1, 0.15) is 12.7 Å². The molecule has 1 aromatic rings. The van der Waals surface area contributed by atoms with Gasteiger partial charge in [-0.15, -0.1) is 0 Å². The van der Waals surface area contributed by atoms with E-state index in [9.17, 15) is 9.90 Å². The first-order valence-electron chi connectivity index (χ1n) is 8.80. The molecule has 1 heterocycles. The largest absolute Gasteiger partial charge is 0.493 e. The number of nitrogens with zero attached hydrogens (tertiary/aromatic N) is 1. The number of aliphatic hydroxyl groups is 1. The molecule has 3 atom stereocenters. The summed E-state index contributed by atoms with van der Waals surface area (Å²) >= 11 is 0. The lowest BCUT2D eigenvalue weighted by atomic mass is 9.92. The van der Waals surface area contributed by atoms with Crippen molar-refractivity contribution in [2.24, 2.45) is 11.7 Å². The summed E-state index contributed by atoms with van der Waals surface area (Å²) in [5, 5.41) is 10.2. The summed E-state index contributed by atoms with van der Waals surface area (Å²) in [4.78, 5) is 13.6. The molecule has 25 heavy (non-hydrogen) atoms. The highest BCUT2D eigenvalue weighted by atomic mass is 16.5. The summed E-state index contributed by atoms with van der Waals surface area (Å²) in [6, 6.07) is 3.55. The number of fused-ring (bicyclic) bond motifs is 1. The van der Waals surface area contributed by atoms with E-state index in [1.807, 2.05) is 37.8 Å². The maximum Gasteiger partial charge on any atom is 0.219 e. The average molecular weight is 350 g/mol. The van der Waals surface area contributed by atoms with Gasteiger partial charge in [-0.2, -0.15) is 0 Å². The van der Waals surface area contributed by atoms with E-state index in [0.717, 1.165) is 17.5 Å². The monoisotopic (exact) mass is 350 g/mol. The fourth-order valence-corrected chi connectivity index (χ4v) is 3.26. The molecule has 1 amide bonds. The lowest BCUT2D eigenvalue weighted by Crippen LogP contribution is -2.42. The number of carbonyl (C=O) groups excluding carboxylic acids is 1. The van der Waals surface area contributed by atoms with Crippen LogP contribution in [0.5, 0.6) is 11.5 Å². The van der Waals surface area contributed by atoms with Crippen molar-refractivity contribution < 1.29 is 19.4 Å². The van der Waals surface area contributed by atoms with Crippen molar-refractivity contribution in [1.29, 1.82) is 0 Å². The standard InChI is InChI=1S/C19H30N2O4/c1-11(2)19(20)16(23)10-25-18-8-14-6-7-21(13(4)22)12(3)15(14)9-17(18)24-5/h8-9,11-12,16,19,23H,6-7,10,20H2,1-5H3. The van der Waals surface area contributed by atoms with Gasteiger partial charge in [-0.1, -0.05) is 13.8 Å². The summed E-state index contributed by atoms with van der Waals surface area (Å²) in [6.07, 6.45) is 0.0288. The number of methoxy groups -OCH3 is 1. The molecular formula is C19H30N2O4. The molecule has 0 aliphatic carbocycles. The molecule has 0 aromatic heterocycles. The quantitative estimate of drug-likeness (QED) is 0.818. The van der Waals surface area contributed by atoms with Gasteiger partial charge < -0.3 is 25.2 Å². The molecule has 140 valence electrons. The van der Waals surface area contributed by atoms with Crippen LogP contribution in [0.2, 0.25) is 0 Å². The summed E-state index contributed by atoms with van der Waals surface area (Å²) < 4.78 is 11.3. The zero-order valence-corrected chi connectivity index (χ0v) is 15.8. The first-order chi connectivity index (χ1) is 11.8. The smallest absolute Gasteiger partial charge is 0.219 e. The molecule has 0 saturated carbocycles.